The molecule has 0 saturated carbocycles. The van der Waals surface area contributed by atoms with Crippen LogP contribution < -0.4 is 0 Å². The minimum atomic E-state index is 0.881. The van der Waals surface area contributed by atoms with E-state index in [1.807, 2.05) is 0 Å². The molecule has 394 valence electrons. The van der Waals surface area contributed by atoms with Crippen molar-refractivity contribution in [2.24, 2.45) is 0 Å². The van der Waals surface area contributed by atoms with Crippen LogP contribution in [-0.2, 0) is 25.7 Å². The van der Waals surface area contributed by atoms with Crippen molar-refractivity contribution in [1.29, 1.82) is 0 Å². The Kier molecular flexibility index (Phi) is 15.0. The monoisotopic (exact) mass is 1010 g/mol. The van der Waals surface area contributed by atoms with Crippen molar-refractivity contribution in [1.82, 2.24) is 39.9 Å². The first-order chi connectivity index (χ1) is 36.9. The predicted molar refractivity (Wildman–Crippen MR) is 327 cm³/mol. The standard InChI is InChI=1S/C68H82N8/c1-15-25-27-49-37(11)51-29-55-41(17-3)43(19-5)57(73-55)33-59-45(21-7)47(23-9)61(75-59)35-65-67(39(13)53(71-65)31-63(49)69-51)68-40(14)54-32-64-50(28-26-16-2)38(12)52(70-64)30-56-42(18-4)44(20-6)58(74-56)34-60-46(22-8)48(24-10)62(76-60)36-66(68)72-54/h29-36,71-74H,15-28H2,1-14H3. The van der Waals surface area contributed by atoms with Crippen LogP contribution in [0, 0.1) is 13.8 Å². The number of hydrogen-bond acceptors (Lipinski definition) is 4. The molecule has 4 N–H and O–H groups in total. The first-order valence-electron chi connectivity index (χ1n) is 29.3. The minimum Gasteiger partial charge on any atom is -0.355 e. The lowest BCUT2D eigenvalue weighted by Crippen LogP contribution is -1.87. The van der Waals surface area contributed by atoms with E-state index in [4.69, 9.17) is 19.9 Å². The van der Waals surface area contributed by atoms with Gasteiger partial charge in [0.2, 0.25) is 0 Å². The van der Waals surface area contributed by atoms with Crippen molar-refractivity contribution < 1.29 is 0 Å². The lowest BCUT2D eigenvalue weighted by Gasteiger charge is -2.06. The first-order valence-corrected chi connectivity index (χ1v) is 29.3. The van der Waals surface area contributed by atoms with Crippen molar-refractivity contribution in [2.45, 2.75) is 187 Å². The SMILES string of the molecule is CCCCC1=C(C)c2cc3[nH]c(cc4nc(cc5[nH]c(cc1n2)c(C)c5-c1c(C)c2cc5nc(cc6[nH]c(cc7nc(cc1[nH]2)C(CC)=C7CC)c(CC)c6CC)C(C)=C5CCCC)C(CC)=C4CC)c(CC)c3CC. The molecule has 8 nitrogen and oxygen atoms in total. The number of nitrogens with zero attached hydrogens (tertiary/aromatic N) is 4. The molecule has 8 heteroatoms. The van der Waals surface area contributed by atoms with Gasteiger partial charge in [0.25, 0.3) is 0 Å². The maximum absolute atomic E-state index is 5.61. The number of fused-ring (bicyclic) bond motifs is 16. The van der Waals surface area contributed by atoms with Crippen molar-refractivity contribution in [2.75, 3.05) is 0 Å². The summed E-state index contributed by atoms with van der Waals surface area (Å²) in [5.41, 5.74) is 37.7. The molecule has 0 atom stereocenters. The van der Waals surface area contributed by atoms with Crippen LogP contribution in [0.1, 0.15) is 226 Å². The summed E-state index contributed by atoms with van der Waals surface area (Å²) in [5, 5.41) is 0. The molecule has 76 heavy (non-hydrogen) atoms. The molecule has 0 fully saturated rings. The fraction of sp³-hybridized carbons (Fsp3) is 0.412. The molecular weight excluding hydrogens is 929 g/mol. The number of allylic oxidation sites excluding steroid dienone is 8. The van der Waals surface area contributed by atoms with Crippen molar-refractivity contribution in [3.05, 3.63) is 127 Å². The van der Waals surface area contributed by atoms with Crippen LogP contribution in [0.25, 0.3) is 99.8 Å². The van der Waals surface area contributed by atoms with Gasteiger partial charge in [-0.2, -0.15) is 0 Å². The van der Waals surface area contributed by atoms with Gasteiger partial charge in [0.1, 0.15) is 0 Å². The van der Waals surface area contributed by atoms with Gasteiger partial charge in [0.05, 0.1) is 45.6 Å². The summed E-state index contributed by atoms with van der Waals surface area (Å²) in [7, 11) is 0. The Labute approximate surface area is 451 Å². The second-order valence-electron chi connectivity index (χ2n) is 21.6. The molecule has 4 aliphatic heterocycles. The number of unbranched alkanes of at least 4 members (excludes halogenated alkanes) is 2. The number of aromatic amines is 4. The Hall–Kier alpha value is -6.80. The van der Waals surface area contributed by atoms with Gasteiger partial charge in [0, 0.05) is 55.3 Å². The highest BCUT2D eigenvalue weighted by Crippen LogP contribution is 2.44. The average Bonchev–Trinajstić information content (AvgIpc) is 4.30. The molecule has 4 aliphatic rings. The third-order valence-electron chi connectivity index (χ3n) is 17.3. The summed E-state index contributed by atoms with van der Waals surface area (Å²) < 4.78 is 0. The highest BCUT2D eigenvalue weighted by atomic mass is 14.8. The molecule has 0 radical (unpaired) electrons. The number of hydrogen-bond donors (Lipinski definition) is 4. The predicted octanol–water partition coefficient (Wildman–Crippen LogP) is 19.2. The van der Waals surface area contributed by atoms with Crippen LogP contribution in [-0.4, -0.2) is 39.9 Å². The summed E-state index contributed by atoms with van der Waals surface area (Å²) in [6.45, 7) is 32.0. The van der Waals surface area contributed by atoms with E-state index in [0.717, 1.165) is 180 Å². The second kappa shape index (κ2) is 21.7. The van der Waals surface area contributed by atoms with Crippen molar-refractivity contribution >= 4 is 88.7 Å². The van der Waals surface area contributed by atoms with Gasteiger partial charge in [0.15, 0.2) is 0 Å². The molecule has 6 aromatic rings. The van der Waals surface area contributed by atoms with E-state index in [1.54, 1.807) is 0 Å². The average molecular weight is 1010 g/mol. The van der Waals surface area contributed by atoms with Crippen molar-refractivity contribution in [3.63, 3.8) is 0 Å². The number of H-pyrrole nitrogens is 4. The van der Waals surface area contributed by atoms with Crippen molar-refractivity contribution in [3.8, 4) is 11.1 Å². The second-order valence-corrected chi connectivity index (χ2v) is 21.6. The molecule has 6 aromatic heterocycles. The van der Waals surface area contributed by atoms with Crippen LogP contribution in [0.2, 0.25) is 0 Å². The number of aromatic nitrogens is 8. The smallest absolute Gasteiger partial charge is 0.0693 e. The summed E-state index contributed by atoms with van der Waals surface area (Å²) in [6.07, 6.45) is 13.7. The Balaban J connectivity index is 1.38. The van der Waals surface area contributed by atoms with E-state index in [1.165, 1.54) is 89.1 Å². The van der Waals surface area contributed by atoms with E-state index in [0.29, 0.717) is 0 Å². The normalized spacial score (nSPS) is 13.9. The van der Waals surface area contributed by atoms with Gasteiger partial charge in [-0.15, -0.1) is 0 Å². The van der Waals surface area contributed by atoms with Gasteiger partial charge >= 0.3 is 0 Å². The lowest BCUT2D eigenvalue weighted by molar-refractivity contribution is 0.824. The van der Waals surface area contributed by atoms with Crippen LogP contribution in [0.5, 0.6) is 0 Å². The van der Waals surface area contributed by atoms with E-state index in [-0.39, 0.29) is 0 Å². The summed E-state index contributed by atoms with van der Waals surface area (Å²) in [6, 6.07) is 18.7. The molecule has 0 amide bonds. The van der Waals surface area contributed by atoms with Gasteiger partial charge in [-0.1, -0.05) is 82.1 Å². The topological polar surface area (TPSA) is 115 Å². The molecule has 0 unspecified atom stereocenters. The Morgan fingerprint density at radius 2 is 0.539 bits per heavy atom. The summed E-state index contributed by atoms with van der Waals surface area (Å²) in [5.74, 6) is 0. The molecule has 0 aromatic carbocycles. The van der Waals surface area contributed by atoms with Crippen LogP contribution in [0.15, 0.2) is 48.5 Å². The van der Waals surface area contributed by atoms with Gasteiger partial charge < -0.3 is 19.9 Å². The molecule has 0 aliphatic carbocycles. The number of aryl methyl sites for hydroxylation is 6. The molecule has 10 heterocycles. The van der Waals surface area contributed by atoms with Crippen LogP contribution >= 0.6 is 0 Å². The lowest BCUT2D eigenvalue weighted by atomic mass is 9.96. The molecule has 16 bridgehead atoms. The van der Waals surface area contributed by atoms with Crippen LogP contribution in [0.4, 0.5) is 0 Å². The zero-order valence-electron chi connectivity index (χ0n) is 48.3. The van der Waals surface area contributed by atoms with Gasteiger partial charge in [-0.25, -0.2) is 19.9 Å². The minimum absolute atomic E-state index is 0.881. The maximum atomic E-state index is 5.61. The third kappa shape index (κ3) is 8.97. The van der Waals surface area contributed by atoms with E-state index < -0.39 is 0 Å². The summed E-state index contributed by atoms with van der Waals surface area (Å²) in [4.78, 5) is 38.3. The molecule has 10 rings (SSSR count). The first kappa shape index (κ1) is 52.6. The van der Waals surface area contributed by atoms with E-state index >= 15 is 0 Å². The number of rotatable bonds is 15. The van der Waals surface area contributed by atoms with E-state index in [2.05, 4.69) is 165 Å². The zero-order chi connectivity index (χ0) is 53.7. The highest BCUT2D eigenvalue weighted by Gasteiger charge is 2.26. The quantitative estimate of drug-likeness (QED) is 0.0820. The van der Waals surface area contributed by atoms with Gasteiger partial charge in [-0.3, -0.25) is 0 Å². The Morgan fingerprint density at radius 3 is 0.829 bits per heavy atom. The highest BCUT2D eigenvalue weighted by molar-refractivity contribution is 6.04. The molecule has 0 spiro atoms. The van der Waals surface area contributed by atoms with Gasteiger partial charge in [-0.05, 0) is 231 Å². The zero-order valence-corrected chi connectivity index (χ0v) is 48.3. The largest absolute Gasteiger partial charge is 0.355 e. The van der Waals surface area contributed by atoms with E-state index in [9.17, 15) is 0 Å². The van der Waals surface area contributed by atoms with Crippen LogP contribution in [0.3, 0.4) is 0 Å². The Morgan fingerprint density at radius 1 is 0.289 bits per heavy atom. The fourth-order valence-electron chi connectivity index (χ4n) is 13.2. The number of nitrogens with one attached hydrogen (secondary N) is 4. The fourth-order valence-corrected chi connectivity index (χ4v) is 13.2. The maximum Gasteiger partial charge on any atom is 0.0693 e. The third-order valence-corrected chi connectivity index (χ3v) is 17.3. The molecular formula is C68H82N8. The summed E-state index contributed by atoms with van der Waals surface area (Å²) >= 11 is 0. The Bertz CT molecular complexity index is 3560. The molecule has 0 saturated heterocycles.